The molecule has 114 valence electrons. The average molecular weight is 314 g/mol. The Hall–Kier alpha value is -1.69. The average Bonchev–Trinajstić information content (AvgIpc) is 2.50. The molecule has 0 bridgehead atoms. The standard InChI is InChI=1S/C14H17ClFN3O2/c1-9(14(21)19-7-3-2-4-8-19)18-13(20)10-5-6-17-12(15)11(10)16/h5-6,9H,2-4,7-8H2,1H3,(H,18,20)/t9-/m0/s1. The van der Waals surface area contributed by atoms with Gasteiger partial charge in [0.15, 0.2) is 11.0 Å². The maximum Gasteiger partial charge on any atom is 0.255 e. The number of piperidine rings is 1. The van der Waals surface area contributed by atoms with Crippen molar-refractivity contribution < 1.29 is 14.0 Å². The Kier molecular flexibility index (Phi) is 5.12. The molecule has 1 fully saturated rings. The molecule has 0 spiro atoms. The van der Waals surface area contributed by atoms with Gasteiger partial charge in [-0.05, 0) is 32.3 Å². The predicted molar refractivity (Wildman–Crippen MR) is 76.6 cm³/mol. The van der Waals surface area contributed by atoms with Crippen LogP contribution in [-0.2, 0) is 4.79 Å². The van der Waals surface area contributed by atoms with Crippen molar-refractivity contribution in [1.82, 2.24) is 15.2 Å². The molecule has 2 amide bonds. The van der Waals surface area contributed by atoms with Crippen LogP contribution in [0.15, 0.2) is 12.3 Å². The van der Waals surface area contributed by atoms with Crippen molar-refractivity contribution in [3.05, 3.63) is 28.8 Å². The predicted octanol–water partition coefficient (Wildman–Crippen LogP) is 2.00. The zero-order valence-corrected chi connectivity index (χ0v) is 12.5. The number of amides is 2. The molecule has 1 atom stereocenters. The molecule has 1 aliphatic rings. The number of likely N-dealkylation sites (tertiary alicyclic amines) is 1. The largest absolute Gasteiger partial charge is 0.341 e. The zero-order chi connectivity index (χ0) is 15.4. The van der Waals surface area contributed by atoms with E-state index >= 15 is 0 Å². The van der Waals surface area contributed by atoms with Gasteiger partial charge in [-0.1, -0.05) is 11.6 Å². The summed E-state index contributed by atoms with van der Waals surface area (Å²) in [7, 11) is 0. The quantitative estimate of drug-likeness (QED) is 0.868. The van der Waals surface area contributed by atoms with Gasteiger partial charge in [0.05, 0.1) is 5.56 Å². The molecular formula is C14H17ClFN3O2. The number of halogens is 2. The van der Waals surface area contributed by atoms with Crippen LogP contribution >= 0.6 is 11.6 Å². The van der Waals surface area contributed by atoms with Crippen molar-refractivity contribution in [2.24, 2.45) is 0 Å². The van der Waals surface area contributed by atoms with Gasteiger partial charge in [0.2, 0.25) is 5.91 Å². The Bertz CT molecular complexity index is 547. The summed E-state index contributed by atoms with van der Waals surface area (Å²) in [6.07, 6.45) is 4.31. The number of carbonyl (C=O) groups is 2. The SMILES string of the molecule is C[C@H](NC(=O)c1ccnc(Cl)c1F)C(=O)N1CCCCC1. The zero-order valence-electron chi connectivity index (χ0n) is 11.7. The molecule has 1 aromatic heterocycles. The van der Waals surface area contributed by atoms with Crippen molar-refractivity contribution in [2.75, 3.05) is 13.1 Å². The molecule has 1 aromatic rings. The second-order valence-corrected chi connectivity index (χ2v) is 5.40. The third-order valence-corrected chi connectivity index (χ3v) is 3.74. The number of hydrogen-bond donors (Lipinski definition) is 1. The van der Waals surface area contributed by atoms with Gasteiger partial charge < -0.3 is 10.2 Å². The highest BCUT2D eigenvalue weighted by Gasteiger charge is 2.25. The molecule has 1 saturated heterocycles. The molecule has 1 aliphatic heterocycles. The molecule has 0 unspecified atom stereocenters. The second kappa shape index (κ2) is 6.85. The minimum atomic E-state index is -0.880. The first kappa shape index (κ1) is 15.7. The second-order valence-electron chi connectivity index (χ2n) is 5.04. The monoisotopic (exact) mass is 313 g/mol. The lowest BCUT2D eigenvalue weighted by atomic mass is 10.1. The van der Waals surface area contributed by atoms with Crippen LogP contribution in [0.5, 0.6) is 0 Å². The van der Waals surface area contributed by atoms with E-state index in [4.69, 9.17) is 11.6 Å². The molecule has 7 heteroatoms. The topological polar surface area (TPSA) is 62.3 Å². The van der Waals surface area contributed by atoms with Crippen LogP contribution in [-0.4, -0.2) is 40.8 Å². The van der Waals surface area contributed by atoms with Crippen molar-refractivity contribution in [3.8, 4) is 0 Å². The van der Waals surface area contributed by atoms with Crippen LogP contribution < -0.4 is 5.32 Å². The molecule has 0 aliphatic carbocycles. The van der Waals surface area contributed by atoms with E-state index < -0.39 is 17.8 Å². The Morgan fingerprint density at radius 2 is 2.05 bits per heavy atom. The fourth-order valence-electron chi connectivity index (χ4n) is 2.32. The van der Waals surface area contributed by atoms with E-state index in [-0.39, 0.29) is 16.6 Å². The van der Waals surface area contributed by atoms with E-state index in [2.05, 4.69) is 10.3 Å². The number of hydrogen-bond acceptors (Lipinski definition) is 3. The number of nitrogens with one attached hydrogen (secondary N) is 1. The van der Waals surface area contributed by atoms with Gasteiger partial charge in [0.25, 0.3) is 5.91 Å². The third kappa shape index (κ3) is 3.69. The molecule has 0 aromatic carbocycles. The molecule has 5 nitrogen and oxygen atoms in total. The Morgan fingerprint density at radius 3 is 2.71 bits per heavy atom. The van der Waals surface area contributed by atoms with Crippen molar-refractivity contribution in [3.63, 3.8) is 0 Å². The smallest absolute Gasteiger partial charge is 0.255 e. The molecule has 1 N–H and O–H groups in total. The van der Waals surface area contributed by atoms with Gasteiger partial charge in [0.1, 0.15) is 6.04 Å². The maximum absolute atomic E-state index is 13.7. The van der Waals surface area contributed by atoms with E-state index in [9.17, 15) is 14.0 Å². The summed E-state index contributed by atoms with van der Waals surface area (Å²) in [5.74, 6) is -1.70. The van der Waals surface area contributed by atoms with Crippen LogP contribution in [0.25, 0.3) is 0 Å². The first-order valence-electron chi connectivity index (χ1n) is 6.90. The minimum Gasteiger partial charge on any atom is -0.341 e. The molecule has 0 saturated carbocycles. The minimum absolute atomic E-state index is 0.149. The van der Waals surface area contributed by atoms with Crippen LogP contribution in [0.4, 0.5) is 4.39 Å². The lowest BCUT2D eigenvalue weighted by Crippen LogP contribution is -2.48. The number of rotatable bonds is 3. The first-order chi connectivity index (χ1) is 10.0. The van der Waals surface area contributed by atoms with Crippen molar-refractivity contribution in [2.45, 2.75) is 32.2 Å². The highest BCUT2D eigenvalue weighted by Crippen LogP contribution is 2.15. The molecular weight excluding hydrogens is 297 g/mol. The lowest BCUT2D eigenvalue weighted by Gasteiger charge is -2.29. The van der Waals surface area contributed by atoms with E-state index in [1.807, 2.05) is 0 Å². The van der Waals surface area contributed by atoms with Crippen LogP contribution in [0.3, 0.4) is 0 Å². The summed E-state index contributed by atoms with van der Waals surface area (Å²) < 4.78 is 13.7. The number of carbonyl (C=O) groups excluding carboxylic acids is 2. The summed E-state index contributed by atoms with van der Waals surface area (Å²) in [6, 6.07) is 0.524. The van der Waals surface area contributed by atoms with Gasteiger partial charge in [0, 0.05) is 19.3 Å². The van der Waals surface area contributed by atoms with E-state index in [0.29, 0.717) is 13.1 Å². The van der Waals surface area contributed by atoms with Gasteiger partial charge >= 0.3 is 0 Å². The third-order valence-electron chi connectivity index (χ3n) is 3.48. The van der Waals surface area contributed by atoms with Crippen LogP contribution in [0.2, 0.25) is 5.15 Å². The van der Waals surface area contributed by atoms with Gasteiger partial charge in [-0.2, -0.15) is 0 Å². The van der Waals surface area contributed by atoms with Crippen LogP contribution in [0, 0.1) is 5.82 Å². The summed E-state index contributed by atoms with van der Waals surface area (Å²) in [6.45, 7) is 3.00. The van der Waals surface area contributed by atoms with Gasteiger partial charge in [-0.25, -0.2) is 9.37 Å². The normalized spacial score (nSPS) is 16.4. The fraction of sp³-hybridized carbons (Fsp3) is 0.500. The molecule has 0 radical (unpaired) electrons. The summed E-state index contributed by atoms with van der Waals surface area (Å²) in [5.41, 5.74) is -0.215. The summed E-state index contributed by atoms with van der Waals surface area (Å²) in [5, 5.41) is 2.14. The fourth-order valence-corrected chi connectivity index (χ4v) is 2.48. The van der Waals surface area contributed by atoms with Crippen LogP contribution in [0.1, 0.15) is 36.5 Å². The molecule has 2 heterocycles. The number of aromatic nitrogens is 1. The number of nitrogens with zero attached hydrogens (tertiary/aromatic N) is 2. The van der Waals surface area contributed by atoms with Gasteiger partial charge in [-0.15, -0.1) is 0 Å². The van der Waals surface area contributed by atoms with E-state index in [1.165, 1.54) is 12.3 Å². The Labute approximate surface area is 127 Å². The molecule has 21 heavy (non-hydrogen) atoms. The Balaban J connectivity index is 2.01. The highest BCUT2D eigenvalue weighted by molar-refractivity contribution is 6.29. The Morgan fingerprint density at radius 1 is 1.38 bits per heavy atom. The first-order valence-corrected chi connectivity index (χ1v) is 7.28. The van der Waals surface area contributed by atoms with Crippen molar-refractivity contribution in [1.29, 1.82) is 0 Å². The maximum atomic E-state index is 13.7. The van der Waals surface area contributed by atoms with Crippen molar-refractivity contribution >= 4 is 23.4 Å². The lowest BCUT2D eigenvalue weighted by molar-refractivity contribution is -0.133. The van der Waals surface area contributed by atoms with E-state index in [0.717, 1.165) is 19.3 Å². The summed E-state index contributed by atoms with van der Waals surface area (Å²) in [4.78, 5) is 29.5. The molecule has 2 rings (SSSR count). The summed E-state index contributed by atoms with van der Waals surface area (Å²) >= 11 is 5.54. The van der Waals surface area contributed by atoms with Gasteiger partial charge in [-0.3, -0.25) is 9.59 Å². The van der Waals surface area contributed by atoms with E-state index in [1.54, 1.807) is 11.8 Å². The highest BCUT2D eigenvalue weighted by atomic mass is 35.5. The number of pyridine rings is 1.